The summed E-state index contributed by atoms with van der Waals surface area (Å²) in [7, 11) is 0. The van der Waals surface area contributed by atoms with Crippen LogP contribution in [0.4, 0.5) is 5.00 Å². The Kier molecular flexibility index (Phi) is 8.19. The van der Waals surface area contributed by atoms with Gasteiger partial charge in [0.05, 0.1) is 28.9 Å². The topological polar surface area (TPSA) is 68.3 Å². The number of nitrogens with one attached hydrogen (secondary N) is 1. The van der Waals surface area contributed by atoms with Crippen LogP contribution in [0.2, 0.25) is 0 Å². The van der Waals surface area contributed by atoms with E-state index >= 15 is 0 Å². The number of halogens is 1. The van der Waals surface area contributed by atoms with Crippen LogP contribution in [0.5, 0.6) is 0 Å². The highest BCUT2D eigenvalue weighted by Crippen LogP contribution is 2.41. The molecule has 4 aromatic rings. The number of nitrogens with zero attached hydrogens (tertiary/aromatic N) is 1. The molecule has 5 rings (SSSR count). The van der Waals surface area contributed by atoms with Crippen molar-refractivity contribution in [3.63, 3.8) is 0 Å². The number of esters is 1. The van der Waals surface area contributed by atoms with Crippen molar-refractivity contribution in [1.82, 2.24) is 4.98 Å². The molecule has 2 aromatic carbocycles. The number of ether oxygens (including phenoxy) is 1. The first-order valence-corrected chi connectivity index (χ1v) is 15.2. The molecule has 1 atom stereocenters. The lowest BCUT2D eigenvalue weighted by Crippen LogP contribution is -2.17. The van der Waals surface area contributed by atoms with Crippen LogP contribution in [0.3, 0.4) is 0 Å². The van der Waals surface area contributed by atoms with Gasteiger partial charge in [0.1, 0.15) is 5.00 Å². The van der Waals surface area contributed by atoms with E-state index in [4.69, 9.17) is 9.72 Å². The second-order valence-corrected chi connectivity index (χ2v) is 12.4. The molecule has 2 aromatic heterocycles. The van der Waals surface area contributed by atoms with Crippen molar-refractivity contribution in [2.45, 2.75) is 59.3 Å². The molecule has 1 amide bonds. The zero-order valence-corrected chi connectivity index (χ0v) is 25.2. The first-order valence-electron chi connectivity index (χ1n) is 13.6. The summed E-state index contributed by atoms with van der Waals surface area (Å²) >= 11 is 5.06. The lowest BCUT2D eigenvalue weighted by molar-refractivity contribution is 0.0526. The number of aromatic nitrogens is 1. The Balaban J connectivity index is 1.57. The van der Waals surface area contributed by atoms with Crippen molar-refractivity contribution >= 4 is 55.0 Å². The Morgan fingerprint density at radius 3 is 2.59 bits per heavy atom. The Labute approximate surface area is 242 Å². The number of hydrogen-bond donors (Lipinski definition) is 1. The molecule has 0 aliphatic heterocycles. The largest absolute Gasteiger partial charge is 0.462 e. The molecule has 2 heterocycles. The number of amides is 1. The molecule has 1 unspecified atom stereocenters. The van der Waals surface area contributed by atoms with Crippen LogP contribution >= 0.6 is 27.3 Å². The van der Waals surface area contributed by atoms with Gasteiger partial charge in [-0.2, -0.15) is 0 Å². The minimum absolute atomic E-state index is 0.267. The Bertz CT molecular complexity index is 1540. The highest BCUT2D eigenvalue weighted by molar-refractivity contribution is 9.10. The number of fused-ring (bicyclic) bond motifs is 2. The van der Waals surface area contributed by atoms with Gasteiger partial charge >= 0.3 is 5.97 Å². The van der Waals surface area contributed by atoms with Gasteiger partial charge in [0.25, 0.3) is 5.91 Å². The van der Waals surface area contributed by atoms with E-state index in [2.05, 4.69) is 66.3 Å². The maximum Gasteiger partial charge on any atom is 0.341 e. The van der Waals surface area contributed by atoms with E-state index in [1.165, 1.54) is 21.8 Å². The van der Waals surface area contributed by atoms with Crippen LogP contribution in [0.25, 0.3) is 22.2 Å². The minimum Gasteiger partial charge on any atom is -0.462 e. The molecule has 0 bridgehead atoms. The molecule has 7 heteroatoms. The second-order valence-electron chi connectivity index (χ2n) is 10.4. The van der Waals surface area contributed by atoms with Crippen LogP contribution in [0.15, 0.2) is 53.0 Å². The van der Waals surface area contributed by atoms with E-state index < -0.39 is 0 Å². The van der Waals surface area contributed by atoms with Crippen molar-refractivity contribution in [2.24, 2.45) is 5.92 Å². The predicted octanol–water partition coefficient (Wildman–Crippen LogP) is 8.79. The van der Waals surface area contributed by atoms with Crippen molar-refractivity contribution in [2.75, 3.05) is 11.9 Å². The number of thiophene rings is 1. The summed E-state index contributed by atoms with van der Waals surface area (Å²) in [6.07, 6.45) is 3.91. The SMILES string of the molecule is CCOC(=O)c1c(NC(=O)c2cc(-c3ccc(C(C)C)cc3)nc3ccc(Br)cc23)sc2c1CCC(CC)C2. The lowest BCUT2D eigenvalue weighted by Gasteiger charge is -2.20. The van der Waals surface area contributed by atoms with Gasteiger partial charge in [0, 0.05) is 20.3 Å². The lowest BCUT2D eigenvalue weighted by atomic mass is 9.85. The fraction of sp³-hybridized carbons (Fsp3) is 0.344. The van der Waals surface area contributed by atoms with Gasteiger partial charge in [-0.05, 0) is 73.4 Å². The van der Waals surface area contributed by atoms with Crippen molar-refractivity contribution in [1.29, 1.82) is 0 Å². The standard InChI is InChI=1S/C32H33BrN2O3S/c1-5-19-7-13-23-28(15-19)39-31(29(23)32(37)38-6-2)35-30(36)25-17-27(21-10-8-20(9-11-21)18(3)4)34-26-14-12-22(33)16-24(25)26/h8-12,14,16-19H,5-7,13,15H2,1-4H3,(H,35,36). The van der Waals surface area contributed by atoms with E-state index in [-0.39, 0.29) is 18.5 Å². The summed E-state index contributed by atoms with van der Waals surface area (Å²) in [5.41, 5.74) is 5.72. The van der Waals surface area contributed by atoms with E-state index in [0.717, 1.165) is 57.9 Å². The van der Waals surface area contributed by atoms with E-state index in [0.29, 0.717) is 28.0 Å². The van der Waals surface area contributed by atoms with Crippen LogP contribution in [0, 0.1) is 5.92 Å². The third kappa shape index (κ3) is 5.66. The average molecular weight is 606 g/mol. The van der Waals surface area contributed by atoms with Gasteiger partial charge in [0.2, 0.25) is 0 Å². The number of hydrogen-bond acceptors (Lipinski definition) is 5. The van der Waals surface area contributed by atoms with Crippen molar-refractivity contribution < 1.29 is 14.3 Å². The summed E-state index contributed by atoms with van der Waals surface area (Å²) < 4.78 is 6.29. The molecule has 0 spiro atoms. The molecule has 1 aliphatic carbocycles. The van der Waals surface area contributed by atoms with E-state index in [1.807, 2.05) is 24.3 Å². The highest BCUT2D eigenvalue weighted by atomic mass is 79.9. The van der Waals surface area contributed by atoms with Crippen LogP contribution in [-0.4, -0.2) is 23.5 Å². The highest BCUT2D eigenvalue weighted by Gasteiger charge is 2.30. The maximum absolute atomic E-state index is 13.9. The second kappa shape index (κ2) is 11.6. The normalized spacial score (nSPS) is 14.9. The molecule has 5 nitrogen and oxygen atoms in total. The third-order valence-electron chi connectivity index (χ3n) is 7.54. The van der Waals surface area contributed by atoms with E-state index in [1.54, 1.807) is 6.92 Å². The monoisotopic (exact) mass is 604 g/mol. The Morgan fingerprint density at radius 2 is 1.90 bits per heavy atom. The van der Waals surface area contributed by atoms with Gasteiger partial charge < -0.3 is 10.1 Å². The number of benzene rings is 2. The first-order chi connectivity index (χ1) is 18.8. The van der Waals surface area contributed by atoms with Crippen LogP contribution < -0.4 is 5.32 Å². The smallest absolute Gasteiger partial charge is 0.341 e. The summed E-state index contributed by atoms with van der Waals surface area (Å²) in [5, 5.41) is 4.42. The quantitative estimate of drug-likeness (QED) is 0.214. The molecule has 0 saturated carbocycles. The summed E-state index contributed by atoms with van der Waals surface area (Å²) in [6, 6.07) is 15.9. The zero-order chi connectivity index (χ0) is 27.7. The molecule has 202 valence electrons. The van der Waals surface area contributed by atoms with Crippen molar-refractivity contribution in [3.05, 3.63) is 80.1 Å². The predicted molar refractivity (Wildman–Crippen MR) is 163 cm³/mol. The molecular weight excluding hydrogens is 572 g/mol. The van der Waals surface area contributed by atoms with Gasteiger partial charge in [-0.1, -0.05) is 67.4 Å². The molecule has 1 aliphatic rings. The summed E-state index contributed by atoms with van der Waals surface area (Å²) in [4.78, 5) is 33.0. The molecular formula is C32H33BrN2O3S. The average Bonchev–Trinajstić information content (AvgIpc) is 3.29. The maximum atomic E-state index is 13.9. The summed E-state index contributed by atoms with van der Waals surface area (Å²) in [5.74, 6) is 0.395. The van der Waals surface area contributed by atoms with Crippen LogP contribution in [0.1, 0.15) is 83.2 Å². The zero-order valence-electron chi connectivity index (χ0n) is 22.8. The number of rotatable bonds is 7. The van der Waals surface area contributed by atoms with Crippen LogP contribution in [-0.2, 0) is 17.6 Å². The summed E-state index contributed by atoms with van der Waals surface area (Å²) in [6.45, 7) is 8.63. The number of pyridine rings is 1. The molecule has 0 saturated heterocycles. The fourth-order valence-electron chi connectivity index (χ4n) is 5.25. The number of carbonyl (C=O) groups is 2. The minimum atomic E-state index is -0.367. The molecule has 0 fully saturated rings. The van der Waals surface area contributed by atoms with Gasteiger partial charge in [-0.3, -0.25) is 4.79 Å². The fourth-order valence-corrected chi connectivity index (χ4v) is 6.96. The van der Waals surface area contributed by atoms with Crippen molar-refractivity contribution in [3.8, 4) is 11.3 Å². The first kappa shape index (κ1) is 27.5. The van der Waals surface area contributed by atoms with E-state index in [9.17, 15) is 9.59 Å². The number of carbonyl (C=O) groups excluding carboxylic acids is 2. The Morgan fingerprint density at radius 1 is 1.13 bits per heavy atom. The molecule has 0 radical (unpaired) electrons. The van der Waals surface area contributed by atoms with Gasteiger partial charge in [0.15, 0.2) is 0 Å². The number of anilines is 1. The van der Waals surface area contributed by atoms with Gasteiger partial charge in [-0.15, -0.1) is 11.3 Å². The molecule has 39 heavy (non-hydrogen) atoms. The third-order valence-corrected chi connectivity index (χ3v) is 9.20. The Hall–Kier alpha value is -3.03. The van der Waals surface area contributed by atoms with Gasteiger partial charge in [-0.25, -0.2) is 9.78 Å². The molecule has 1 N–H and O–H groups in total.